The topological polar surface area (TPSA) is 78.4 Å². The molecule has 0 aliphatic heterocycles. The van der Waals surface area contributed by atoms with Crippen molar-refractivity contribution >= 4 is 27.9 Å². The zero-order valence-corrected chi connectivity index (χ0v) is 11.7. The fourth-order valence-electron chi connectivity index (χ4n) is 1.36. The Morgan fingerprint density at radius 2 is 2.05 bits per heavy atom. The van der Waals surface area contributed by atoms with Gasteiger partial charge < -0.3 is 15.7 Å². The lowest BCUT2D eigenvalue weighted by atomic mass is 10.2. The van der Waals surface area contributed by atoms with Crippen molar-refractivity contribution < 1.29 is 19.1 Å². The monoisotopic (exact) mass is 332 g/mol. The molecule has 1 rings (SSSR count). The molecule has 7 heteroatoms. The highest BCUT2D eigenvalue weighted by atomic mass is 79.9. The van der Waals surface area contributed by atoms with E-state index in [2.05, 4.69) is 26.6 Å². The highest BCUT2D eigenvalue weighted by Gasteiger charge is 2.05. The Balaban J connectivity index is 2.30. The molecular formula is C12H14BrFN2O3. The molecule has 0 fully saturated rings. The summed E-state index contributed by atoms with van der Waals surface area (Å²) in [6.45, 7) is 0.464. The lowest BCUT2D eigenvalue weighted by molar-refractivity contribution is -0.137. The largest absolute Gasteiger partial charge is 0.481 e. The first-order valence-corrected chi connectivity index (χ1v) is 6.46. The molecule has 0 saturated carbocycles. The number of amides is 2. The third kappa shape index (κ3) is 6.19. The van der Waals surface area contributed by atoms with Crippen LogP contribution in [-0.4, -0.2) is 23.7 Å². The molecule has 0 spiro atoms. The number of carbonyl (C=O) groups is 2. The number of aliphatic carboxylic acids is 1. The van der Waals surface area contributed by atoms with Crippen molar-refractivity contribution in [2.24, 2.45) is 0 Å². The molecular weight excluding hydrogens is 319 g/mol. The standard InChI is InChI=1S/C12H14BrFN2O3/c13-10-4-3-9(14)6-8(10)7-16-12(19)15-5-1-2-11(17)18/h3-4,6H,1-2,5,7H2,(H,17,18)(H2,15,16,19). The number of rotatable bonds is 6. The van der Waals surface area contributed by atoms with E-state index >= 15 is 0 Å². The summed E-state index contributed by atoms with van der Waals surface area (Å²) in [7, 11) is 0. The average molecular weight is 333 g/mol. The van der Waals surface area contributed by atoms with Gasteiger partial charge in [0, 0.05) is 24.0 Å². The van der Waals surface area contributed by atoms with Crippen LogP contribution in [0.1, 0.15) is 18.4 Å². The van der Waals surface area contributed by atoms with Crippen LogP contribution in [0.4, 0.5) is 9.18 Å². The van der Waals surface area contributed by atoms with E-state index < -0.39 is 12.0 Å². The number of carboxylic acid groups (broad SMARTS) is 1. The molecule has 0 atom stereocenters. The molecule has 0 saturated heterocycles. The van der Waals surface area contributed by atoms with Gasteiger partial charge in [0.15, 0.2) is 0 Å². The van der Waals surface area contributed by atoms with E-state index in [1.54, 1.807) is 6.07 Å². The summed E-state index contributed by atoms with van der Waals surface area (Å²) in [6, 6.07) is 3.80. The molecule has 1 aromatic carbocycles. The maximum atomic E-state index is 13.0. The molecule has 3 N–H and O–H groups in total. The predicted molar refractivity (Wildman–Crippen MR) is 71.2 cm³/mol. The SMILES string of the molecule is O=C(O)CCCNC(=O)NCc1cc(F)ccc1Br. The first-order valence-electron chi connectivity index (χ1n) is 5.66. The van der Waals surface area contributed by atoms with Gasteiger partial charge in [-0.05, 0) is 30.2 Å². The Morgan fingerprint density at radius 1 is 1.32 bits per heavy atom. The van der Waals surface area contributed by atoms with Crippen molar-refractivity contribution in [3.05, 3.63) is 34.1 Å². The number of hydrogen-bond donors (Lipinski definition) is 3. The minimum absolute atomic E-state index is 0.00965. The van der Waals surface area contributed by atoms with Gasteiger partial charge in [-0.25, -0.2) is 9.18 Å². The number of nitrogens with one attached hydrogen (secondary N) is 2. The van der Waals surface area contributed by atoms with E-state index in [1.807, 2.05) is 0 Å². The maximum absolute atomic E-state index is 13.0. The first kappa shape index (κ1) is 15.4. The van der Waals surface area contributed by atoms with Gasteiger partial charge >= 0.3 is 12.0 Å². The zero-order valence-electron chi connectivity index (χ0n) is 10.1. The Kier molecular flexibility index (Phi) is 6.27. The molecule has 19 heavy (non-hydrogen) atoms. The molecule has 0 aliphatic rings. The highest BCUT2D eigenvalue weighted by Crippen LogP contribution is 2.17. The Hall–Kier alpha value is -1.63. The summed E-state index contributed by atoms with van der Waals surface area (Å²) in [6.07, 6.45) is 0.377. The minimum Gasteiger partial charge on any atom is -0.481 e. The summed E-state index contributed by atoms with van der Waals surface area (Å²) in [5.74, 6) is -1.27. The fraction of sp³-hybridized carbons (Fsp3) is 0.333. The van der Waals surface area contributed by atoms with Crippen molar-refractivity contribution in [1.82, 2.24) is 10.6 Å². The molecule has 0 radical (unpaired) electrons. The van der Waals surface area contributed by atoms with Crippen molar-refractivity contribution in [3.63, 3.8) is 0 Å². The van der Waals surface area contributed by atoms with E-state index in [-0.39, 0.29) is 25.3 Å². The van der Waals surface area contributed by atoms with Gasteiger partial charge in [0.25, 0.3) is 0 Å². The van der Waals surface area contributed by atoms with E-state index in [0.717, 1.165) is 0 Å². The number of carboxylic acids is 1. The van der Waals surface area contributed by atoms with Gasteiger partial charge in [0.1, 0.15) is 5.82 Å². The van der Waals surface area contributed by atoms with Crippen LogP contribution >= 0.6 is 15.9 Å². The van der Waals surface area contributed by atoms with E-state index in [1.165, 1.54) is 12.1 Å². The smallest absolute Gasteiger partial charge is 0.315 e. The van der Waals surface area contributed by atoms with Gasteiger partial charge in [0.2, 0.25) is 0 Å². The van der Waals surface area contributed by atoms with E-state index in [0.29, 0.717) is 16.5 Å². The van der Waals surface area contributed by atoms with Crippen LogP contribution in [0.15, 0.2) is 22.7 Å². The van der Waals surface area contributed by atoms with Crippen LogP contribution in [0.25, 0.3) is 0 Å². The number of urea groups is 1. The number of carbonyl (C=O) groups excluding carboxylic acids is 1. The van der Waals surface area contributed by atoms with Gasteiger partial charge in [-0.15, -0.1) is 0 Å². The number of benzene rings is 1. The molecule has 1 aromatic rings. The molecule has 0 bridgehead atoms. The lowest BCUT2D eigenvalue weighted by Gasteiger charge is -2.08. The quantitative estimate of drug-likeness (QED) is 0.699. The fourth-order valence-corrected chi connectivity index (χ4v) is 1.75. The maximum Gasteiger partial charge on any atom is 0.315 e. The minimum atomic E-state index is -0.897. The summed E-state index contributed by atoms with van der Waals surface area (Å²) in [5.41, 5.74) is 0.626. The molecule has 0 aliphatic carbocycles. The van der Waals surface area contributed by atoms with Crippen LogP contribution in [0, 0.1) is 5.82 Å². The Labute approximate surface area is 118 Å². The summed E-state index contributed by atoms with van der Waals surface area (Å²) in [5, 5.41) is 13.5. The van der Waals surface area contributed by atoms with Gasteiger partial charge in [0.05, 0.1) is 0 Å². The van der Waals surface area contributed by atoms with Crippen molar-refractivity contribution in [3.8, 4) is 0 Å². The summed E-state index contributed by atoms with van der Waals surface area (Å²) < 4.78 is 13.7. The number of hydrogen-bond acceptors (Lipinski definition) is 2. The molecule has 0 heterocycles. The van der Waals surface area contributed by atoms with Crippen LogP contribution in [0.5, 0.6) is 0 Å². The third-order valence-electron chi connectivity index (χ3n) is 2.30. The third-order valence-corrected chi connectivity index (χ3v) is 3.07. The van der Waals surface area contributed by atoms with Crippen molar-refractivity contribution in [2.45, 2.75) is 19.4 Å². The molecule has 2 amide bonds. The Morgan fingerprint density at radius 3 is 2.74 bits per heavy atom. The van der Waals surface area contributed by atoms with Crippen molar-refractivity contribution in [2.75, 3.05) is 6.54 Å². The predicted octanol–water partition coefficient (Wildman–Crippen LogP) is 2.25. The van der Waals surface area contributed by atoms with Crippen LogP contribution in [0.3, 0.4) is 0 Å². The van der Waals surface area contributed by atoms with Gasteiger partial charge in [-0.2, -0.15) is 0 Å². The average Bonchev–Trinajstić information content (AvgIpc) is 2.35. The molecule has 0 unspecified atom stereocenters. The molecule has 5 nitrogen and oxygen atoms in total. The van der Waals surface area contributed by atoms with Crippen molar-refractivity contribution in [1.29, 1.82) is 0 Å². The van der Waals surface area contributed by atoms with E-state index in [4.69, 9.17) is 5.11 Å². The second-order valence-electron chi connectivity index (χ2n) is 3.84. The first-order chi connectivity index (χ1) is 8.99. The number of halogens is 2. The van der Waals surface area contributed by atoms with E-state index in [9.17, 15) is 14.0 Å². The second-order valence-corrected chi connectivity index (χ2v) is 4.70. The summed E-state index contributed by atoms with van der Waals surface area (Å²) >= 11 is 3.26. The second kappa shape index (κ2) is 7.73. The molecule has 0 aromatic heterocycles. The van der Waals surface area contributed by atoms with Crippen LogP contribution in [-0.2, 0) is 11.3 Å². The normalized spacial score (nSPS) is 10.0. The Bertz CT molecular complexity index is 468. The highest BCUT2D eigenvalue weighted by molar-refractivity contribution is 9.10. The molecule has 104 valence electrons. The van der Waals surface area contributed by atoms with Gasteiger partial charge in [-0.1, -0.05) is 15.9 Å². The lowest BCUT2D eigenvalue weighted by Crippen LogP contribution is -2.35. The van der Waals surface area contributed by atoms with Crippen LogP contribution < -0.4 is 10.6 Å². The van der Waals surface area contributed by atoms with Crippen LogP contribution in [0.2, 0.25) is 0 Å². The van der Waals surface area contributed by atoms with Gasteiger partial charge in [-0.3, -0.25) is 4.79 Å². The zero-order chi connectivity index (χ0) is 14.3. The summed E-state index contributed by atoms with van der Waals surface area (Å²) in [4.78, 5) is 21.6.